The van der Waals surface area contributed by atoms with Crippen molar-refractivity contribution in [1.29, 1.82) is 0 Å². The average Bonchev–Trinajstić information content (AvgIpc) is 2.76. The van der Waals surface area contributed by atoms with Crippen LogP contribution in [-0.2, 0) is 0 Å². The zero-order valence-electron chi connectivity index (χ0n) is 11.0. The molecule has 0 radical (unpaired) electrons. The molecule has 1 aromatic rings. The van der Waals surface area contributed by atoms with Gasteiger partial charge in [0.05, 0.1) is 0 Å². The molecule has 2 heterocycles. The maximum absolute atomic E-state index is 5.53. The predicted molar refractivity (Wildman–Crippen MR) is 69.6 cm³/mol. The second kappa shape index (κ2) is 5.83. The zero-order valence-corrected chi connectivity index (χ0v) is 11.0. The molecule has 0 bridgehead atoms. The predicted octanol–water partition coefficient (Wildman–Crippen LogP) is 2.97. The fourth-order valence-corrected chi connectivity index (χ4v) is 3.19. The number of hydrogen-bond acceptors (Lipinski definition) is 4. The molecule has 0 atom stereocenters. The van der Waals surface area contributed by atoms with E-state index >= 15 is 0 Å². The summed E-state index contributed by atoms with van der Waals surface area (Å²) in [6, 6.07) is 0. The maximum Gasteiger partial charge on any atom is 0.229 e. The van der Waals surface area contributed by atoms with Crippen molar-refractivity contribution in [2.24, 2.45) is 0 Å². The highest BCUT2D eigenvalue weighted by molar-refractivity contribution is 5.01. The van der Waals surface area contributed by atoms with Gasteiger partial charge in [-0.1, -0.05) is 30.8 Å². The number of rotatable bonds is 2. The third-order valence-corrected chi connectivity index (χ3v) is 4.37. The van der Waals surface area contributed by atoms with Crippen LogP contribution in [-0.4, -0.2) is 23.2 Å². The van der Waals surface area contributed by atoms with Crippen LogP contribution in [0.3, 0.4) is 0 Å². The van der Waals surface area contributed by atoms with Gasteiger partial charge in [-0.2, -0.15) is 4.98 Å². The van der Waals surface area contributed by atoms with Gasteiger partial charge in [-0.15, -0.1) is 0 Å². The van der Waals surface area contributed by atoms with E-state index < -0.39 is 0 Å². The molecule has 2 aliphatic rings. The first-order valence-electron chi connectivity index (χ1n) is 7.47. The molecule has 3 rings (SSSR count). The first-order valence-corrected chi connectivity index (χ1v) is 7.47. The largest absolute Gasteiger partial charge is 0.339 e. The van der Waals surface area contributed by atoms with Crippen LogP contribution in [0, 0.1) is 0 Å². The highest BCUT2D eigenvalue weighted by Crippen LogP contribution is 2.32. The van der Waals surface area contributed by atoms with E-state index in [0.29, 0.717) is 11.8 Å². The Morgan fingerprint density at radius 2 is 1.61 bits per heavy atom. The average molecular weight is 249 g/mol. The van der Waals surface area contributed by atoms with Crippen LogP contribution in [0.5, 0.6) is 0 Å². The number of piperidine rings is 1. The monoisotopic (exact) mass is 249 g/mol. The molecule has 0 aromatic carbocycles. The Hall–Kier alpha value is -0.900. The lowest BCUT2D eigenvalue weighted by Crippen LogP contribution is -2.27. The van der Waals surface area contributed by atoms with Crippen molar-refractivity contribution in [2.45, 2.75) is 63.2 Å². The molecular weight excluding hydrogens is 226 g/mol. The Morgan fingerprint density at radius 3 is 2.33 bits per heavy atom. The summed E-state index contributed by atoms with van der Waals surface area (Å²) < 4.78 is 5.53. The minimum atomic E-state index is 0.509. The third kappa shape index (κ3) is 2.74. The smallest absolute Gasteiger partial charge is 0.229 e. The minimum Gasteiger partial charge on any atom is -0.339 e. The van der Waals surface area contributed by atoms with Gasteiger partial charge < -0.3 is 9.84 Å². The molecule has 4 nitrogen and oxygen atoms in total. The molecule has 1 aromatic heterocycles. The fraction of sp³-hybridized carbons (Fsp3) is 0.857. The summed E-state index contributed by atoms with van der Waals surface area (Å²) in [4.78, 5) is 4.69. The lowest BCUT2D eigenvalue weighted by Gasteiger charge is -2.19. The maximum atomic E-state index is 5.53. The van der Waals surface area contributed by atoms with E-state index in [0.717, 1.165) is 37.6 Å². The van der Waals surface area contributed by atoms with E-state index in [9.17, 15) is 0 Å². The second-order valence-corrected chi connectivity index (χ2v) is 5.70. The van der Waals surface area contributed by atoms with Crippen LogP contribution in [0.2, 0.25) is 0 Å². The molecule has 0 amide bonds. The molecule has 4 heteroatoms. The molecule has 2 fully saturated rings. The van der Waals surface area contributed by atoms with E-state index in [2.05, 4.69) is 10.5 Å². The van der Waals surface area contributed by atoms with Crippen LogP contribution in [0.1, 0.15) is 74.9 Å². The van der Waals surface area contributed by atoms with Crippen LogP contribution in [0.15, 0.2) is 4.52 Å². The van der Waals surface area contributed by atoms with E-state index in [1.807, 2.05) is 0 Å². The Morgan fingerprint density at radius 1 is 0.889 bits per heavy atom. The molecule has 100 valence electrons. The van der Waals surface area contributed by atoms with Crippen LogP contribution in [0.25, 0.3) is 0 Å². The summed E-state index contributed by atoms with van der Waals surface area (Å²) in [5.74, 6) is 2.89. The van der Waals surface area contributed by atoms with E-state index in [-0.39, 0.29) is 0 Å². The Labute approximate surface area is 109 Å². The summed E-state index contributed by atoms with van der Waals surface area (Å²) in [5, 5.41) is 7.61. The van der Waals surface area contributed by atoms with Gasteiger partial charge in [-0.05, 0) is 38.8 Å². The van der Waals surface area contributed by atoms with E-state index in [1.54, 1.807) is 0 Å². The molecule has 0 unspecified atom stereocenters. The highest BCUT2D eigenvalue weighted by Gasteiger charge is 2.24. The van der Waals surface area contributed by atoms with Crippen molar-refractivity contribution in [1.82, 2.24) is 15.5 Å². The molecule has 0 spiro atoms. The number of nitrogens with zero attached hydrogens (tertiary/aromatic N) is 2. The number of nitrogens with one attached hydrogen (secondary N) is 1. The Kier molecular flexibility index (Phi) is 3.93. The zero-order chi connectivity index (χ0) is 12.2. The van der Waals surface area contributed by atoms with Crippen LogP contribution in [0.4, 0.5) is 0 Å². The van der Waals surface area contributed by atoms with Gasteiger partial charge in [0.25, 0.3) is 0 Å². The van der Waals surface area contributed by atoms with E-state index in [4.69, 9.17) is 9.51 Å². The second-order valence-electron chi connectivity index (χ2n) is 5.70. The van der Waals surface area contributed by atoms with Gasteiger partial charge in [-0.3, -0.25) is 0 Å². The van der Waals surface area contributed by atoms with Crippen molar-refractivity contribution in [3.63, 3.8) is 0 Å². The first kappa shape index (κ1) is 12.2. The lowest BCUT2D eigenvalue weighted by molar-refractivity contribution is 0.331. The fourth-order valence-electron chi connectivity index (χ4n) is 3.19. The van der Waals surface area contributed by atoms with Crippen molar-refractivity contribution in [3.05, 3.63) is 11.7 Å². The summed E-state index contributed by atoms with van der Waals surface area (Å²) >= 11 is 0. The molecule has 1 saturated heterocycles. The van der Waals surface area contributed by atoms with Crippen molar-refractivity contribution >= 4 is 0 Å². The van der Waals surface area contributed by atoms with Gasteiger partial charge in [0, 0.05) is 11.8 Å². The van der Waals surface area contributed by atoms with Crippen LogP contribution < -0.4 is 5.32 Å². The quantitative estimate of drug-likeness (QED) is 0.819. The van der Waals surface area contributed by atoms with E-state index in [1.165, 1.54) is 38.5 Å². The van der Waals surface area contributed by atoms with Crippen LogP contribution >= 0.6 is 0 Å². The third-order valence-electron chi connectivity index (χ3n) is 4.37. The SMILES string of the molecule is C1CCCC(c2nc(C3CCNCC3)no2)CC1. The summed E-state index contributed by atoms with van der Waals surface area (Å²) in [5.41, 5.74) is 0. The van der Waals surface area contributed by atoms with Gasteiger partial charge in [-0.25, -0.2) is 0 Å². The molecule has 1 saturated carbocycles. The molecule has 1 N–H and O–H groups in total. The summed E-state index contributed by atoms with van der Waals surface area (Å²) in [7, 11) is 0. The topological polar surface area (TPSA) is 51.0 Å². The van der Waals surface area contributed by atoms with Crippen molar-refractivity contribution in [2.75, 3.05) is 13.1 Å². The van der Waals surface area contributed by atoms with Gasteiger partial charge >= 0.3 is 0 Å². The molecule has 18 heavy (non-hydrogen) atoms. The highest BCUT2D eigenvalue weighted by atomic mass is 16.5. The number of aromatic nitrogens is 2. The molecule has 1 aliphatic carbocycles. The van der Waals surface area contributed by atoms with Gasteiger partial charge in [0.1, 0.15) is 0 Å². The summed E-state index contributed by atoms with van der Waals surface area (Å²) in [6.07, 6.45) is 10.1. The van der Waals surface area contributed by atoms with Crippen molar-refractivity contribution < 1.29 is 4.52 Å². The minimum absolute atomic E-state index is 0.509. The first-order chi connectivity index (χ1) is 8.93. The van der Waals surface area contributed by atoms with Gasteiger partial charge in [0.2, 0.25) is 5.89 Å². The molecular formula is C14H23N3O. The Bertz CT molecular complexity index is 363. The van der Waals surface area contributed by atoms with Crippen molar-refractivity contribution in [3.8, 4) is 0 Å². The standard InChI is InChI=1S/C14H23N3O/c1-2-4-6-12(5-3-1)14-16-13(17-18-14)11-7-9-15-10-8-11/h11-12,15H,1-10H2. The molecule has 1 aliphatic heterocycles. The van der Waals surface area contributed by atoms with Gasteiger partial charge in [0.15, 0.2) is 5.82 Å². The normalized spacial score (nSPS) is 24.0. The number of hydrogen-bond donors (Lipinski definition) is 1. The summed E-state index contributed by atoms with van der Waals surface area (Å²) in [6.45, 7) is 2.16. The lowest BCUT2D eigenvalue weighted by atomic mass is 9.97. The Balaban J connectivity index is 1.67.